The highest BCUT2D eigenvalue weighted by Gasteiger charge is 2.28. The van der Waals surface area contributed by atoms with Crippen LogP contribution in [0.15, 0.2) is 53.3 Å². The monoisotopic (exact) mass is 394 g/mol. The van der Waals surface area contributed by atoms with Crippen molar-refractivity contribution in [3.8, 4) is 16.9 Å². The van der Waals surface area contributed by atoms with E-state index in [1.807, 2.05) is 31.2 Å². The summed E-state index contributed by atoms with van der Waals surface area (Å²) in [6.45, 7) is 2.11. The molecule has 0 amide bonds. The van der Waals surface area contributed by atoms with E-state index in [-0.39, 0.29) is 23.5 Å². The van der Waals surface area contributed by atoms with Crippen LogP contribution in [0.1, 0.15) is 31.8 Å². The van der Waals surface area contributed by atoms with E-state index in [0.29, 0.717) is 0 Å². The number of rotatable bonds is 6. The lowest BCUT2D eigenvalue weighted by Crippen LogP contribution is -2.24. The molecule has 0 saturated carbocycles. The maximum atomic E-state index is 12.2. The van der Waals surface area contributed by atoms with Crippen LogP contribution in [0.4, 0.5) is 5.82 Å². The number of nitrogen functional groups attached to an aromatic ring is 1. The number of hydrogen-bond donors (Lipinski definition) is 4. The summed E-state index contributed by atoms with van der Waals surface area (Å²) in [4.78, 5) is 37.8. The van der Waals surface area contributed by atoms with Gasteiger partial charge in [-0.2, -0.15) is 0 Å². The predicted octanol–water partition coefficient (Wildman–Crippen LogP) is 2.91. The Morgan fingerprint density at radius 2 is 1.72 bits per heavy atom. The molecule has 29 heavy (non-hydrogen) atoms. The number of ether oxygens (including phenoxy) is 1. The molecule has 2 aromatic carbocycles. The average Bonchev–Trinajstić information content (AvgIpc) is 2.65. The highest BCUT2D eigenvalue weighted by atomic mass is 16.5. The van der Waals surface area contributed by atoms with Crippen LogP contribution in [0.5, 0.6) is 5.75 Å². The Labute approximate surface area is 165 Å². The number of anilines is 1. The van der Waals surface area contributed by atoms with Gasteiger partial charge in [-0.1, -0.05) is 48.0 Å². The van der Waals surface area contributed by atoms with Crippen molar-refractivity contribution in [2.45, 2.75) is 13.5 Å². The molecule has 0 fully saturated rings. The summed E-state index contributed by atoms with van der Waals surface area (Å²) in [5.74, 6) is -3.25. The minimum atomic E-state index is -1.57. The van der Waals surface area contributed by atoms with Crippen molar-refractivity contribution in [1.29, 1.82) is 0 Å². The lowest BCUT2D eigenvalue weighted by Gasteiger charge is -2.16. The first-order chi connectivity index (χ1) is 13.8. The number of pyridine rings is 1. The first-order valence-electron chi connectivity index (χ1n) is 8.59. The number of carboxylic acid groups (broad SMARTS) is 2. The van der Waals surface area contributed by atoms with Crippen LogP contribution < -0.4 is 16.0 Å². The summed E-state index contributed by atoms with van der Waals surface area (Å²) in [5, 5.41) is 19.1. The van der Waals surface area contributed by atoms with E-state index in [9.17, 15) is 24.6 Å². The number of carbonyl (C=O) groups is 2. The molecule has 3 aromatic rings. The van der Waals surface area contributed by atoms with E-state index in [1.165, 1.54) is 6.07 Å². The molecule has 0 atom stereocenters. The zero-order chi connectivity index (χ0) is 21.1. The smallest absolute Gasteiger partial charge is 0.342 e. The van der Waals surface area contributed by atoms with Gasteiger partial charge >= 0.3 is 11.9 Å². The molecule has 148 valence electrons. The van der Waals surface area contributed by atoms with Crippen molar-refractivity contribution in [1.82, 2.24) is 4.98 Å². The number of benzene rings is 2. The molecule has 0 spiro atoms. The van der Waals surface area contributed by atoms with Crippen LogP contribution in [0.2, 0.25) is 0 Å². The summed E-state index contributed by atoms with van der Waals surface area (Å²) in [6, 6.07) is 13.9. The van der Waals surface area contributed by atoms with Crippen LogP contribution in [0.25, 0.3) is 11.1 Å². The van der Waals surface area contributed by atoms with Gasteiger partial charge in [0.05, 0.1) is 0 Å². The fourth-order valence-electron chi connectivity index (χ4n) is 3.08. The molecular formula is C21H18N2O6. The molecule has 8 heteroatoms. The molecule has 0 bridgehead atoms. The van der Waals surface area contributed by atoms with E-state index in [2.05, 4.69) is 4.98 Å². The first-order valence-corrected chi connectivity index (χ1v) is 8.59. The first kappa shape index (κ1) is 19.7. The van der Waals surface area contributed by atoms with Crippen LogP contribution in [-0.4, -0.2) is 27.1 Å². The third-order valence-corrected chi connectivity index (χ3v) is 4.31. The highest BCUT2D eigenvalue weighted by molar-refractivity contribution is 6.08. The molecule has 5 N–H and O–H groups in total. The number of nitrogens with two attached hydrogens (primary N) is 1. The van der Waals surface area contributed by atoms with E-state index < -0.39 is 34.4 Å². The SMILES string of the molecule is Cc1cccc(COc2ccccc2-c2c(C(=O)O)c(N)[nH]c(=O)c2C(=O)O)c1. The number of aromatic carboxylic acids is 2. The molecule has 0 unspecified atom stereocenters. The Balaban J connectivity index is 2.18. The molecule has 0 aliphatic heterocycles. The molecule has 0 saturated heterocycles. The number of para-hydroxylation sites is 1. The van der Waals surface area contributed by atoms with E-state index in [4.69, 9.17) is 10.5 Å². The minimum Gasteiger partial charge on any atom is -0.488 e. The number of H-pyrrole nitrogens is 1. The Hall–Kier alpha value is -4.07. The van der Waals surface area contributed by atoms with E-state index >= 15 is 0 Å². The largest absolute Gasteiger partial charge is 0.488 e. The van der Waals surface area contributed by atoms with Crippen molar-refractivity contribution in [2.75, 3.05) is 5.73 Å². The van der Waals surface area contributed by atoms with Crippen molar-refractivity contribution in [3.63, 3.8) is 0 Å². The fourth-order valence-corrected chi connectivity index (χ4v) is 3.08. The second kappa shape index (κ2) is 7.89. The molecular weight excluding hydrogens is 376 g/mol. The molecule has 0 radical (unpaired) electrons. The quantitative estimate of drug-likeness (QED) is 0.503. The zero-order valence-corrected chi connectivity index (χ0v) is 15.4. The molecule has 8 nitrogen and oxygen atoms in total. The highest BCUT2D eigenvalue weighted by Crippen LogP contribution is 2.36. The lowest BCUT2D eigenvalue weighted by molar-refractivity contribution is 0.0695. The zero-order valence-electron chi connectivity index (χ0n) is 15.4. The van der Waals surface area contributed by atoms with Crippen LogP contribution in [-0.2, 0) is 6.61 Å². The third kappa shape index (κ3) is 3.96. The Morgan fingerprint density at radius 3 is 2.38 bits per heavy atom. The summed E-state index contributed by atoms with van der Waals surface area (Å²) in [7, 11) is 0. The predicted molar refractivity (Wildman–Crippen MR) is 106 cm³/mol. The number of hydrogen-bond acceptors (Lipinski definition) is 5. The van der Waals surface area contributed by atoms with Gasteiger partial charge < -0.3 is 25.7 Å². The topological polar surface area (TPSA) is 143 Å². The van der Waals surface area contributed by atoms with Gasteiger partial charge in [-0.25, -0.2) is 9.59 Å². The summed E-state index contributed by atoms with van der Waals surface area (Å²) in [5.41, 5.74) is 5.24. The van der Waals surface area contributed by atoms with Crippen molar-refractivity contribution in [2.24, 2.45) is 0 Å². The summed E-state index contributed by atoms with van der Waals surface area (Å²) in [6.07, 6.45) is 0. The number of aromatic nitrogens is 1. The second-order valence-electron chi connectivity index (χ2n) is 6.38. The van der Waals surface area contributed by atoms with Crippen molar-refractivity contribution in [3.05, 3.63) is 81.1 Å². The van der Waals surface area contributed by atoms with Crippen LogP contribution in [0.3, 0.4) is 0 Å². The van der Waals surface area contributed by atoms with Gasteiger partial charge in [0.2, 0.25) is 0 Å². The van der Waals surface area contributed by atoms with Crippen molar-refractivity contribution < 1.29 is 24.5 Å². The van der Waals surface area contributed by atoms with Gasteiger partial charge in [0, 0.05) is 11.1 Å². The van der Waals surface area contributed by atoms with Gasteiger partial charge in [0.15, 0.2) is 0 Å². The van der Waals surface area contributed by atoms with E-state index in [0.717, 1.165) is 11.1 Å². The molecule has 3 rings (SSSR count). The summed E-state index contributed by atoms with van der Waals surface area (Å²) >= 11 is 0. The van der Waals surface area contributed by atoms with Gasteiger partial charge in [-0.15, -0.1) is 0 Å². The van der Waals surface area contributed by atoms with Crippen molar-refractivity contribution >= 4 is 17.8 Å². The fraction of sp³-hybridized carbons (Fsp3) is 0.0952. The minimum absolute atomic E-state index is 0.146. The molecule has 1 aromatic heterocycles. The number of aryl methyl sites for hydroxylation is 1. The third-order valence-electron chi connectivity index (χ3n) is 4.31. The Bertz CT molecular complexity index is 1170. The van der Waals surface area contributed by atoms with Gasteiger partial charge in [-0.3, -0.25) is 4.79 Å². The summed E-state index contributed by atoms with van der Waals surface area (Å²) < 4.78 is 5.84. The number of carboxylic acids is 2. The van der Waals surface area contributed by atoms with Gasteiger partial charge in [-0.05, 0) is 18.6 Å². The van der Waals surface area contributed by atoms with Gasteiger partial charge in [0.25, 0.3) is 5.56 Å². The number of nitrogens with one attached hydrogen (secondary N) is 1. The maximum absolute atomic E-state index is 12.2. The van der Waals surface area contributed by atoms with Gasteiger partial charge in [0.1, 0.15) is 29.3 Å². The van der Waals surface area contributed by atoms with E-state index in [1.54, 1.807) is 18.2 Å². The van der Waals surface area contributed by atoms with Crippen LogP contribution >= 0.6 is 0 Å². The Morgan fingerprint density at radius 1 is 1.03 bits per heavy atom. The molecule has 0 aliphatic rings. The normalized spacial score (nSPS) is 10.5. The Kier molecular flexibility index (Phi) is 5.36. The lowest BCUT2D eigenvalue weighted by atomic mass is 9.94. The maximum Gasteiger partial charge on any atom is 0.342 e. The number of aromatic amines is 1. The molecule has 0 aliphatic carbocycles. The average molecular weight is 394 g/mol. The second-order valence-corrected chi connectivity index (χ2v) is 6.38. The van der Waals surface area contributed by atoms with Crippen LogP contribution in [0, 0.1) is 6.92 Å². The standard InChI is InChI=1S/C21H18N2O6/c1-11-5-4-6-12(9-11)10-29-14-8-3-2-7-13(14)15-16(20(25)26)18(22)23-19(24)17(15)21(27)28/h2-9H,10H2,1H3,(H,25,26)(H,27,28)(H3,22,23,24). The molecule has 1 heterocycles.